The minimum atomic E-state index is -1.59. The zero-order chi connectivity index (χ0) is 50.3. The Morgan fingerprint density at radius 1 is 0.522 bits per heavy atom. The van der Waals surface area contributed by atoms with Crippen LogP contribution in [0.5, 0.6) is 0 Å². The Morgan fingerprint density at radius 3 is 1.43 bits per heavy atom. The molecule has 0 aromatic heterocycles. The van der Waals surface area contributed by atoms with E-state index in [1.54, 1.807) is 6.08 Å². The summed E-state index contributed by atoms with van der Waals surface area (Å²) in [5.41, 5.74) is 0. The molecule has 1 saturated heterocycles. The van der Waals surface area contributed by atoms with E-state index in [0.717, 1.165) is 96.3 Å². The van der Waals surface area contributed by atoms with Crippen LogP contribution in [0.15, 0.2) is 60.8 Å². The minimum absolute atomic E-state index is 0.0261. The Bertz CT molecular complexity index is 1330. The van der Waals surface area contributed by atoms with E-state index in [4.69, 9.17) is 14.2 Å². The van der Waals surface area contributed by atoms with Crippen LogP contribution in [0.3, 0.4) is 0 Å². The third-order valence-electron chi connectivity index (χ3n) is 12.8. The molecule has 7 atom stereocenters. The van der Waals surface area contributed by atoms with Crippen molar-refractivity contribution in [2.45, 2.75) is 275 Å². The molecule has 0 aromatic rings. The molecule has 0 bridgehead atoms. The second-order valence-corrected chi connectivity index (χ2v) is 19.3. The van der Waals surface area contributed by atoms with Crippen molar-refractivity contribution in [2.24, 2.45) is 0 Å². The second kappa shape index (κ2) is 47.7. The van der Waals surface area contributed by atoms with E-state index >= 15 is 0 Å². The summed E-state index contributed by atoms with van der Waals surface area (Å²) in [7, 11) is 0. The Hall–Kier alpha value is -2.64. The van der Waals surface area contributed by atoms with E-state index in [1.165, 1.54) is 103 Å². The molecule has 11 heteroatoms. The number of hydrogen-bond acceptors (Lipinski definition) is 10. The van der Waals surface area contributed by atoms with Crippen molar-refractivity contribution in [1.82, 2.24) is 5.32 Å². The van der Waals surface area contributed by atoms with Gasteiger partial charge in [-0.25, -0.2) is 0 Å². The average Bonchev–Trinajstić information content (AvgIpc) is 3.34. The van der Waals surface area contributed by atoms with Crippen LogP contribution < -0.4 is 5.32 Å². The van der Waals surface area contributed by atoms with Gasteiger partial charge in [0.15, 0.2) is 6.29 Å². The normalized spacial score (nSPS) is 19.8. The molecule has 0 spiro atoms. The van der Waals surface area contributed by atoms with Crippen LogP contribution in [0.4, 0.5) is 0 Å². The van der Waals surface area contributed by atoms with Gasteiger partial charge >= 0.3 is 5.97 Å². The summed E-state index contributed by atoms with van der Waals surface area (Å²) in [4.78, 5) is 25.0. The Labute approximate surface area is 420 Å². The van der Waals surface area contributed by atoms with Gasteiger partial charge in [-0.3, -0.25) is 9.59 Å². The molecule has 1 rings (SSSR count). The number of amides is 1. The summed E-state index contributed by atoms with van der Waals surface area (Å²) >= 11 is 0. The van der Waals surface area contributed by atoms with Gasteiger partial charge in [0.05, 0.1) is 32.0 Å². The molecule has 1 amide bonds. The Kier molecular flexibility index (Phi) is 44.5. The summed E-state index contributed by atoms with van der Waals surface area (Å²) in [6.45, 7) is 4.19. The van der Waals surface area contributed by atoms with E-state index in [9.17, 15) is 35.1 Å². The number of nitrogens with one attached hydrogen (secondary N) is 1. The van der Waals surface area contributed by atoms with Crippen molar-refractivity contribution in [3.8, 4) is 0 Å². The lowest BCUT2D eigenvalue weighted by Gasteiger charge is -2.40. The quantitative estimate of drug-likeness (QED) is 0.0196. The predicted octanol–water partition coefficient (Wildman–Crippen LogP) is 12.3. The molecule has 11 nitrogen and oxygen atoms in total. The number of aliphatic hydroxyl groups is 5. The highest BCUT2D eigenvalue weighted by atomic mass is 16.7. The first kappa shape index (κ1) is 64.4. The van der Waals surface area contributed by atoms with Gasteiger partial charge in [0.25, 0.3) is 0 Å². The maximum atomic E-state index is 13.0. The van der Waals surface area contributed by atoms with Crippen molar-refractivity contribution in [3.63, 3.8) is 0 Å². The average molecular weight is 974 g/mol. The first-order valence-electron chi connectivity index (χ1n) is 28.1. The van der Waals surface area contributed by atoms with E-state index in [-0.39, 0.29) is 18.5 Å². The van der Waals surface area contributed by atoms with Gasteiger partial charge in [-0.05, 0) is 96.3 Å². The third-order valence-corrected chi connectivity index (χ3v) is 12.8. The number of allylic oxidation sites excluding steroid dienone is 9. The molecule has 1 aliphatic heterocycles. The van der Waals surface area contributed by atoms with E-state index < -0.39 is 49.5 Å². The highest BCUT2D eigenvalue weighted by molar-refractivity contribution is 5.76. The second-order valence-electron chi connectivity index (χ2n) is 19.3. The highest BCUT2D eigenvalue weighted by Gasteiger charge is 2.44. The first-order valence-corrected chi connectivity index (χ1v) is 28.1. The fourth-order valence-corrected chi connectivity index (χ4v) is 8.25. The zero-order valence-corrected chi connectivity index (χ0v) is 43.8. The summed E-state index contributed by atoms with van der Waals surface area (Å²) in [5, 5.41) is 54.2. The smallest absolute Gasteiger partial charge is 0.305 e. The van der Waals surface area contributed by atoms with Crippen molar-refractivity contribution in [1.29, 1.82) is 0 Å². The van der Waals surface area contributed by atoms with E-state index in [0.29, 0.717) is 25.9 Å². The summed E-state index contributed by atoms with van der Waals surface area (Å²) in [5.74, 6) is -0.240. The molecule has 7 unspecified atom stereocenters. The first-order chi connectivity index (χ1) is 33.7. The molecule has 69 heavy (non-hydrogen) atoms. The van der Waals surface area contributed by atoms with Gasteiger partial charge in [0, 0.05) is 12.8 Å². The largest absolute Gasteiger partial charge is 0.466 e. The third kappa shape index (κ3) is 37.8. The number of ether oxygens (including phenoxy) is 3. The monoisotopic (exact) mass is 974 g/mol. The molecule has 1 fully saturated rings. The Balaban J connectivity index is 2.14. The summed E-state index contributed by atoms with van der Waals surface area (Å²) < 4.78 is 16.6. The number of rotatable bonds is 47. The number of hydrogen-bond donors (Lipinski definition) is 6. The molecule has 0 aliphatic carbocycles. The molecular weight excluding hydrogens is 871 g/mol. The molecule has 1 aliphatic rings. The molecule has 0 saturated carbocycles. The van der Waals surface area contributed by atoms with Crippen molar-refractivity contribution in [2.75, 3.05) is 19.8 Å². The summed E-state index contributed by atoms with van der Waals surface area (Å²) in [6.07, 6.45) is 50.2. The molecule has 0 aromatic carbocycles. The lowest BCUT2D eigenvalue weighted by molar-refractivity contribution is -0.302. The molecule has 0 radical (unpaired) electrons. The number of aliphatic hydroxyl groups excluding tert-OH is 5. The van der Waals surface area contributed by atoms with Gasteiger partial charge in [-0.2, -0.15) is 0 Å². The molecule has 400 valence electrons. The molecule has 1 heterocycles. The van der Waals surface area contributed by atoms with Crippen LogP contribution in [0, 0.1) is 0 Å². The Morgan fingerprint density at radius 2 is 0.942 bits per heavy atom. The van der Waals surface area contributed by atoms with Crippen LogP contribution in [-0.2, 0) is 23.8 Å². The standard InChI is InChI=1S/C58H103NO10/c1-3-5-7-9-11-13-15-25-28-32-36-40-44-51(61)50(49-68-58-57(66)56(65)55(64)52(48-60)69-58)59-53(62)45-41-37-33-29-26-22-20-18-16-17-19-21-23-27-31-35-39-43-47-67-54(63)46-42-38-34-30-24-14-12-10-8-6-4-2/h9-12,18,20,25,28,40,44,50-52,55-58,60-61,64-66H,3-8,13-17,19,21-24,26-27,29-39,41-43,45-49H2,1-2H3,(H,59,62)/b11-9+,12-10-,20-18-,28-25+,44-40+. The van der Waals surface area contributed by atoms with Gasteiger partial charge in [-0.15, -0.1) is 0 Å². The topological polar surface area (TPSA) is 175 Å². The van der Waals surface area contributed by atoms with Gasteiger partial charge < -0.3 is 45.1 Å². The number of unbranched alkanes of at least 4 members (excludes halogenated alkanes) is 25. The van der Waals surface area contributed by atoms with E-state index in [2.05, 4.69) is 67.8 Å². The lowest BCUT2D eigenvalue weighted by atomic mass is 9.99. The van der Waals surface area contributed by atoms with Crippen molar-refractivity contribution < 1.29 is 49.3 Å². The maximum absolute atomic E-state index is 13.0. The van der Waals surface area contributed by atoms with Crippen LogP contribution in [0.25, 0.3) is 0 Å². The van der Waals surface area contributed by atoms with Crippen LogP contribution in [0.2, 0.25) is 0 Å². The number of carbonyl (C=O) groups excluding carboxylic acids is 2. The van der Waals surface area contributed by atoms with Crippen LogP contribution in [-0.4, -0.2) is 100 Å². The van der Waals surface area contributed by atoms with Gasteiger partial charge in [0.2, 0.25) is 5.91 Å². The molecular formula is C58H103NO10. The molecule has 6 N–H and O–H groups in total. The zero-order valence-electron chi connectivity index (χ0n) is 43.8. The maximum Gasteiger partial charge on any atom is 0.305 e. The number of esters is 1. The summed E-state index contributed by atoms with van der Waals surface area (Å²) in [6, 6.07) is -0.845. The number of carbonyl (C=O) groups is 2. The highest BCUT2D eigenvalue weighted by Crippen LogP contribution is 2.23. The fraction of sp³-hybridized carbons (Fsp3) is 0.793. The van der Waals surface area contributed by atoms with Crippen LogP contribution in [0.1, 0.15) is 232 Å². The predicted molar refractivity (Wildman–Crippen MR) is 283 cm³/mol. The van der Waals surface area contributed by atoms with Crippen molar-refractivity contribution in [3.05, 3.63) is 60.8 Å². The van der Waals surface area contributed by atoms with Crippen molar-refractivity contribution >= 4 is 11.9 Å². The van der Waals surface area contributed by atoms with Gasteiger partial charge in [-0.1, -0.05) is 184 Å². The minimum Gasteiger partial charge on any atom is -0.466 e. The van der Waals surface area contributed by atoms with Crippen LogP contribution >= 0.6 is 0 Å². The van der Waals surface area contributed by atoms with Gasteiger partial charge in [0.1, 0.15) is 24.4 Å². The lowest BCUT2D eigenvalue weighted by Crippen LogP contribution is -2.60. The van der Waals surface area contributed by atoms with E-state index in [1.807, 2.05) is 6.08 Å². The SMILES string of the molecule is CCCC/C=C\CCCCCCCC(=O)OCCCCCCCCCCC/C=C\CCCCCCCC(=O)NC(COC1OC(CO)C(O)C(O)C1O)C(O)/C=C/CC/C=C/CC/C=C/CCCC. The fourth-order valence-electron chi connectivity index (χ4n) is 8.25.